The number of hydrogen-bond acceptors (Lipinski definition) is 7. The van der Waals surface area contributed by atoms with Crippen LogP contribution < -0.4 is 14.9 Å². The molecule has 0 saturated heterocycles. The third kappa shape index (κ3) is 4.37. The Balaban J connectivity index is 1.97. The smallest absolute Gasteiger partial charge is 0.338 e. The Bertz CT molecular complexity index is 1470. The normalized spacial score (nSPS) is 15.7. The number of ether oxygens (including phenoxy) is 1. The molecular formula is C23H18ClN3O5S. The minimum absolute atomic E-state index is 0.137. The molecule has 10 heteroatoms. The highest BCUT2D eigenvalue weighted by molar-refractivity contribution is 7.07. The first kappa shape index (κ1) is 22.6. The average Bonchev–Trinajstić information content (AvgIpc) is 3.09. The average molecular weight is 484 g/mol. The number of allylic oxidation sites excluding steroid dienone is 1. The molecule has 2 heterocycles. The lowest BCUT2D eigenvalue weighted by molar-refractivity contribution is -0.384. The van der Waals surface area contributed by atoms with Gasteiger partial charge in [0, 0.05) is 17.2 Å². The number of hydrogen-bond donors (Lipinski definition) is 0. The molecule has 1 aliphatic rings. The number of aromatic nitrogens is 1. The number of carbonyl (C=O) groups excluding carboxylic acids is 1. The van der Waals surface area contributed by atoms with Gasteiger partial charge < -0.3 is 4.74 Å². The highest BCUT2D eigenvalue weighted by atomic mass is 35.5. The quantitative estimate of drug-likeness (QED) is 0.314. The van der Waals surface area contributed by atoms with Crippen molar-refractivity contribution in [3.05, 3.63) is 106 Å². The van der Waals surface area contributed by atoms with Crippen LogP contribution in [0.2, 0.25) is 5.02 Å². The van der Waals surface area contributed by atoms with Gasteiger partial charge in [-0.1, -0.05) is 47.2 Å². The minimum Gasteiger partial charge on any atom is -0.463 e. The first-order valence-electron chi connectivity index (χ1n) is 9.99. The van der Waals surface area contributed by atoms with Crippen LogP contribution in [-0.4, -0.2) is 22.1 Å². The summed E-state index contributed by atoms with van der Waals surface area (Å²) < 4.78 is 7.03. The highest BCUT2D eigenvalue weighted by Gasteiger charge is 2.34. The molecule has 0 radical (unpaired) electrons. The lowest BCUT2D eigenvalue weighted by Crippen LogP contribution is -2.39. The van der Waals surface area contributed by atoms with Crippen LogP contribution in [0, 0.1) is 10.1 Å². The molecule has 1 unspecified atom stereocenters. The van der Waals surface area contributed by atoms with Gasteiger partial charge in [-0.25, -0.2) is 9.79 Å². The van der Waals surface area contributed by atoms with Crippen molar-refractivity contribution in [2.45, 2.75) is 19.9 Å². The standard InChI is InChI=1S/C23H18ClN3O5S/c1-3-32-22(29)19-13(2)25-23-26(20(19)15-5-4-6-17(12-15)27(30)31)21(28)18(33-23)11-14-7-9-16(24)10-8-14/h4-12,20H,3H2,1-2H3/b18-11-. The van der Waals surface area contributed by atoms with Gasteiger partial charge in [-0.3, -0.25) is 19.5 Å². The van der Waals surface area contributed by atoms with Crippen LogP contribution in [-0.2, 0) is 9.53 Å². The second-order valence-corrected chi connectivity index (χ2v) is 8.65. The lowest BCUT2D eigenvalue weighted by atomic mass is 9.95. The van der Waals surface area contributed by atoms with Gasteiger partial charge in [-0.05, 0) is 43.2 Å². The SMILES string of the molecule is CCOC(=O)C1=C(C)N=c2s/c(=C\c3ccc(Cl)cc3)c(=O)n2C1c1cccc([N+](=O)[O-])c1. The Morgan fingerprint density at radius 3 is 2.70 bits per heavy atom. The second-order valence-electron chi connectivity index (χ2n) is 7.21. The molecule has 1 atom stereocenters. The van der Waals surface area contributed by atoms with Crippen molar-refractivity contribution >= 4 is 40.7 Å². The van der Waals surface area contributed by atoms with E-state index >= 15 is 0 Å². The summed E-state index contributed by atoms with van der Waals surface area (Å²) >= 11 is 7.12. The zero-order valence-corrected chi connectivity index (χ0v) is 19.2. The third-order valence-corrected chi connectivity index (χ3v) is 6.32. The molecule has 8 nitrogen and oxygen atoms in total. The first-order chi connectivity index (χ1) is 15.8. The van der Waals surface area contributed by atoms with Crippen LogP contribution in [0.5, 0.6) is 0 Å². The molecule has 0 fully saturated rings. The van der Waals surface area contributed by atoms with E-state index in [1.807, 2.05) is 0 Å². The van der Waals surface area contributed by atoms with E-state index in [-0.39, 0.29) is 23.4 Å². The first-order valence-corrected chi connectivity index (χ1v) is 11.2. The van der Waals surface area contributed by atoms with E-state index in [4.69, 9.17) is 16.3 Å². The number of nitrogens with zero attached hydrogens (tertiary/aromatic N) is 3. The fourth-order valence-corrected chi connectivity index (χ4v) is 4.80. The summed E-state index contributed by atoms with van der Waals surface area (Å²) in [5.74, 6) is -0.623. The van der Waals surface area contributed by atoms with E-state index in [0.717, 1.165) is 5.56 Å². The molecule has 0 amide bonds. The van der Waals surface area contributed by atoms with Gasteiger partial charge in [-0.2, -0.15) is 0 Å². The second kappa shape index (κ2) is 9.13. The highest BCUT2D eigenvalue weighted by Crippen LogP contribution is 2.32. The monoisotopic (exact) mass is 483 g/mol. The summed E-state index contributed by atoms with van der Waals surface area (Å²) in [4.78, 5) is 42.0. The fourth-order valence-electron chi connectivity index (χ4n) is 3.63. The Labute approximate surface area is 196 Å². The zero-order chi connectivity index (χ0) is 23.7. The van der Waals surface area contributed by atoms with Crippen molar-refractivity contribution in [2.75, 3.05) is 6.61 Å². The van der Waals surface area contributed by atoms with Crippen molar-refractivity contribution in [3.63, 3.8) is 0 Å². The van der Waals surface area contributed by atoms with Crippen LogP contribution in [0.25, 0.3) is 6.08 Å². The molecular weight excluding hydrogens is 466 g/mol. The number of non-ortho nitro benzene ring substituents is 1. The predicted octanol–water partition coefficient (Wildman–Crippen LogP) is 3.36. The van der Waals surface area contributed by atoms with Crippen molar-refractivity contribution in [1.29, 1.82) is 0 Å². The van der Waals surface area contributed by atoms with Gasteiger partial charge >= 0.3 is 5.97 Å². The topological polar surface area (TPSA) is 104 Å². The summed E-state index contributed by atoms with van der Waals surface area (Å²) in [6.07, 6.45) is 1.72. The molecule has 0 aliphatic carbocycles. The van der Waals surface area contributed by atoms with Crippen molar-refractivity contribution in [3.8, 4) is 0 Å². The molecule has 0 bridgehead atoms. The van der Waals surface area contributed by atoms with Gasteiger partial charge in [0.15, 0.2) is 4.80 Å². The van der Waals surface area contributed by atoms with Crippen molar-refractivity contribution < 1.29 is 14.5 Å². The summed E-state index contributed by atoms with van der Waals surface area (Å²) in [5, 5.41) is 11.9. The van der Waals surface area contributed by atoms with Gasteiger partial charge in [0.2, 0.25) is 0 Å². The number of fused-ring (bicyclic) bond motifs is 1. The van der Waals surface area contributed by atoms with E-state index in [0.29, 0.717) is 25.6 Å². The van der Waals surface area contributed by atoms with Crippen molar-refractivity contribution in [2.24, 2.45) is 4.99 Å². The van der Waals surface area contributed by atoms with E-state index in [1.54, 1.807) is 50.3 Å². The van der Waals surface area contributed by atoms with E-state index in [2.05, 4.69) is 4.99 Å². The molecule has 168 valence electrons. The third-order valence-electron chi connectivity index (χ3n) is 5.08. The summed E-state index contributed by atoms with van der Waals surface area (Å²) in [5.41, 5.74) is 1.25. The summed E-state index contributed by atoms with van der Waals surface area (Å²) in [6, 6.07) is 12.0. The van der Waals surface area contributed by atoms with Gasteiger partial charge in [0.25, 0.3) is 11.2 Å². The number of nitro benzene ring substituents is 1. The Morgan fingerprint density at radius 2 is 2.03 bits per heavy atom. The molecule has 0 spiro atoms. The molecule has 4 rings (SSSR count). The van der Waals surface area contributed by atoms with Crippen LogP contribution in [0.15, 0.2) is 69.6 Å². The van der Waals surface area contributed by atoms with Crippen LogP contribution in [0.1, 0.15) is 31.0 Å². The largest absolute Gasteiger partial charge is 0.463 e. The molecule has 1 aromatic heterocycles. The summed E-state index contributed by atoms with van der Waals surface area (Å²) in [7, 11) is 0. The number of rotatable bonds is 5. The molecule has 3 aromatic rings. The van der Waals surface area contributed by atoms with E-state index in [1.165, 1.54) is 34.1 Å². The van der Waals surface area contributed by atoms with Crippen LogP contribution in [0.4, 0.5) is 5.69 Å². The number of carbonyl (C=O) groups is 1. The number of benzene rings is 2. The lowest BCUT2D eigenvalue weighted by Gasteiger charge is -2.24. The van der Waals surface area contributed by atoms with Crippen LogP contribution in [0.3, 0.4) is 0 Å². The van der Waals surface area contributed by atoms with Gasteiger partial charge in [-0.15, -0.1) is 0 Å². The van der Waals surface area contributed by atoms with E-state index < -0.39 is 16.9 Å². The van der Waals surface area contributed by atoms with E-state index in [9.17, 15) is 19.7 Å². The predicted molar refractivity (Wildman–Crippen MR) is 125 cm³/mol. The molecule has 0 saturated carbocycles. The van der Waals surface area contributed by atoms with Gasteiger partial charge in [0.05, 0.1) is 33.4 Å². The zero-order valence-electron chi connectivity index (χ0n) is 17.6. The molecule has 33 heavy (non-hydrogen) atoms. The van der Waals surface area contributed by atoms with Crippen molar-refractivity contribution in [1.82, 2.24) is 4.57 Å². The Kier molecular flexibility index (Phi) is 6.26. The van der Waals surface area contributed by atoms with Crippen LogP contribution >= 0.6 is 22.9 Å². The maximum atomic E-state index is 13.5. The maximum Gasteiger partial charge on any atom is 0.338 e. The minimum atomic E-state index is -0.910. The van der Waals surface area contributed by atoms with Gasteiger partial charge in [0.1, 0.15) is 0 Å². The summed E-state index contributed by atoms with van der Waals surface area (Å²) in [6.45, 7) is 3.47. The number of thiazole rings is 1. The fraction of sp³-hybridized carbons (Fsp3) is 0.174. The maximum absolute atomic E-state index is 13.5. The molecule has 0 N–H and O–H groups in total. The molecule has 2 aromatic carbocycles. The Hall–Kier alpha value is -3.56. The number of nitro groups is 1. The molecule has 1 aliphatic heterocycles. The Morgan fingerprint density at radius 1 is 1.30 bits per heavy atom. The number of esters is 1. The number of halogens is 1.